The van der Waals surface area contributed by atoms with Gasteiger partial charge in [-0.15, -0.1) is 24.0 Å². The fourth-order valence-corrected chi connectivity index (χ4v) is 2.49. The Morgan fingerprint density at radius 1 is 1.46 bits per heavy atom. The fourth-order valence-electron chi connectivity index (χ4n) is 2.49. The molecule has 1 aliphatic heterocycles. The monoisotopic (exact) mass is 448 g/mol. The van der Waals surface area contributed by atoms with Gasteiger partial charge in [0.15, 0.2) is 5.96 Å². The van der Waals surface area contributed by atoms with Crippen molar-refractivity contribution in [3.05, 3.63) is 41.7 Å². The third-order valence-electron chi connectivity index (χ3n) is 3.82. The summed E-state index contributed by atoms with van der Waals surface area (Å²) in [6, 6.07) is 5.13. The second-order valence-electron chi connectivity index (χ2n) is 6.02. The van der Waals surface area contributed by atoms with E-state index in [1.54, 1.807) is 6.07 Å². The highest BCUT2D eigenvalue weighted by atomic mass is 127. The van der Waals surface area contributed by atoms with Gasteiger partial charge in [0, 0.05) is 19.6 Å². The highest BCUT2D eigenvalue weighted by molar-refractivity contribution is 14.0. The lowest BCUT2D eigenvalue weighted by Crippen LogP contribution is -2.36. The number of hydrogen-bond acceptors (Lipinski definition) is 3. The molecule has 0 aliphatic carbocycles. The summed E-state index contributed by atoms with van der Waals surface area (Å²) in [6.07, 6.45) is 1.09. The van der Waals surface area contributed by atoms with Gasteiger partial charge in [0.05, 0.1) is 18.3 Å². The van der Waals surface area contributed by atoms with Crippen molar-refractivity contribution in [1.29, 1.82) is 0 Å². The van der Waals surface area contributed by atoms with E-state index in [9.17, 15) is 9.50 Å². The zero-order valence-electron chi connectivity index (χ0n) is 14.0. The predicted octanol–water partition coefficient (Wildman–Crippen LogP) is 2.39. The Hall–Kier alpha value is -1.35. The molecule has 1 aromatic carbocycles. The van der Waals surface area contributed by atoms with E-state index in [0.29, 0.717) is 50.7 Å². The Kier molecular flexibility index (Phi) is 8.47. The number of aliphatic imine (C=N–C) groups is 1. The van der Waals surface area contributed by atoms with Gasteiger partial charge in [0.1, 0.15) is 5.82 Å². The number of hydrogen-bond donors (Lipinski definition) is 3. The van der Waals surface area contributed by atoms with Crippen molar-refractivity contribution in [3.63, 3.8) is 0 Å². The Morgan fingerprint density at radius 3 is 2.71 bits per heavy atom. The lowest BCUT2D eigenvalue weighted by atomic mass is 10.1. The Bertz CT molecular complexity index is 586. The van der Waals surface area contributed by atoms with E-state index in [1.165, 1.54) is 6.07 Å². The molecule has 1 heterocycles. The Morgan fingerprint density at radius 2 is 2.12 bits per heavy atom. The van der Waals surface area contributed by atoms with Gasteiger partial charge >= 0.3 is 0 Å². The van der Waals surface area contributed by atoms with Crippen LogP contribution in [-0.2, 0) is 6.54 Å². The lowest BCUT2D eigenvalue weighted by molar-refractivity contribution is 0.145. The molecule has 0 aromatic heterocycles. The van der Waals surface area contributed by atoms with Gasteiger partial charge in [-0.05, 0) is 37.5 Å². The number of piperidine rings is 1. The molecule has 0 unspecified atom stereocenters. The molecule has 1 aliphatic rings. The normalized spacial score (nSPS) is 15.8. The lowest BCUT2D eigenvalue weighted by Gasteiger charge is -2.31. The summed E-state index contributed by atoms with van der Waals surface area (Å²) in [7, 11) is 0. The van der Waals surface area contributed by atoms with E-state index < -0.39 is 0 Å². The van der Waals surface area contributed by atoms with Crippen molar-refractivity contribution < 1.29 is 9.50 Å². The van der Waals surface area contributed by atoms with Crippen molar-refractivity contribution in [1.82, 2.24) is 5.32 Å². The smallest absolute Gasteiger partial charge is 0.189 e. The standard InChI is InChI=1S/C17H25FN4O.HI/c1-12(2)10-20-17(19)21-11-13-3-4-16(15(18)9-13)22-7-5-14(23)6-8-22;/h3-4,9,14,23H,1,5-8,10-11H2,2H3,(H3,19,20,21);1H. The van der Waals surface area contributed by atoms with E-state index in [4.69, 9.17) is 5.73 Å². The molecule has 4 N–H and O–H groups in total. The van der Waals surface area contributed by atoms with Crippen LogP contribution >= 0.6 is 24.0 Å². The van der Waals surface area contributed by atoms with Crippen molar-refractivity contribution in [2.45, 2.75) is 32.4 Å². The Labute approximate surface area is 159 Å². The average Bonchev–Trinajstić information content (AvgIpc) is 2.52. The molecular formula is C17H26FIN4O. The highest BCUT2D eigenvalue weighted by Crippen LogP contribution is 2.24. The number of nitrogens with one attached hydrogen (secondary N) is 1. The minimum atomic E-state index is -0.266. The van der Waals surface area contributed by atoms with Crippen molar-refractivity contribution in [3.8, 4) is 0 Å². The quantitative estimate of drug-likeness (QED) is 0.280. The highest BCUT2D eigenvalue weighted by Gasteiger charge is 2.19. The second kappa shape index (κ2) is 9.83. The van der Waals surface area contributed by atoms with Gasteiger partial charge in [-0.2, -0.15) is 0 Å². The summed E-state index contributed by atoms with van der Waals surface area (Å²) >= 11 is 0. The van der Waals surface area contributed by atoms with E-state index >= 15 is 0 Å². The van der Waals surface area contributed by atoms with Gasteiger partial charge in [0.2, 0.25) is 0 Å². The molecule has 134 valence electrons. The number of anilines is 1. The van der Waals surface area contributed by atoms with Gasteiger partial charge in [-0.25, -0.2) is 9.38 Å². The molecule has 5 nitrogen and oxygen atoms in total. The summed E-state index contributed by atoms with van der Waals surface area (Å²) in [6.45, 7) is 7.91. The molecule has 2 rings (SSSR count). The first-order valence-electron chi connectivity index (χ1n) is 7.85. The predicted molar refractivity (Wildman–Crippen MR) is 107 cm³/mol. The summed E-state index contributed by atoms with van der Waals surface area (Å²) < 4.78 is 14.3. The maximum absolute atomic E-state index is 14.3. The van der Waals surface area contributed by atoms with Crippen LogP contribution in [0.1, 0.15) is 25.3 Å². The molecule has 0 bridgehead atoms. The van der Waals surface area contributed by atoms with Gasteiger partial charge in [-0.1, -0.05) is 18.2 Å². The van der Waals surface area contributed by atoms with Gasteiger partial charge in [-0.3, -0.25) is 0 Å². The molecule has 0 spiro atoms. The summed E-state index contributed by atoms with van der Waals surface area (Å²) in [5.41, 5.74) is 8.05. The molecule has 1 fully saturated rings. The fraction of sp³-hybridized carbons (Fsp3) is 0.471. The minimum absolute atomic E-state index is 0. The summed E-state index contributed by atoms with van der Waals surface area (Å²) in [4.78, 5) is 6.16. The summed E-state index contributed by atoms with van der Waals surface area (Å²) in [5, 5.41) is 12.5. The first-order chi connectivity index (χ1) is 11.0. The molecule has 24 heavy (non-hydrogen) atoms. The molecular weight excluding hydrogens is 422 g/mol. The van der Waals surface area contributed by atoms with E-state index in [-0.39, 0.29) is 35.9 Å². The zero-order chi connectivity index (χ0) is 16.8. The van der Waals surface area contributed by atoms with Crippen molar-refractivity contribution in [2.75, 3.05) is 24.5 Å². The molecule has 0 atom stereocenters. The van der Waals surface area contributed by atoms with Crippen molar-refractivity contribution >= 4 is 35.6 Å². The number of aliphatic hydroxyl groups excluding tert-OH is 1. The van der Waals surface area contributed by atoms with Crippen molar-refractivity contribution in [2.24, 2.45) is 10.7 Å². The van der Waals surface area contributed by atoms with E-state index in [2.05, 4.69) is 16.9 Å². The van der Waals surface area contributed by atoms with Gasteiger partial charge in [0.25, 0.3) is 0 Å². The summed E-state index contributed by atoms with van der Waals surface area (Å²) in [5.74, 6) is 0.0602. The first kappa shape index (κ1) is 20.7. The third kappa shape index (κ3) is 6.27. The minimum Gasteiger partial charge on any atom is -0.393 e. The van der Waals surface area contributed by atoms with Crippen LogP contribution in [0.4, 0.5) is 10.1 Å². The number of benzene rings is 1. The van der Waals surface area contributed by atoms with Crippen LogP contribution in [0.2, 0.25) is 0 Å². The number of nitrogens with two attached hydrogens (primary N) is 1. The maximum Gasteiger partial charge on any atom is 0.189 e. The zero-order valence-corrected chi connectivity index (χ0v) is 16.3. The molecule has 0 saturated carbocycles. The van der Waals surface area contributed by atoms with E-state index in [1.807, 2.05) is 17.9 Å². The number of rotatable bonds is 5. The number of nitrogens with zero attached hydrogens (tertiary/aromatic N) is 2. The van der Waals surface area contributed by atoms with Crippen LogP contribution < -0.4 is 16.0 Å². The first-order valence-corrected chi connectivity index (χ1v) is 7.85. The molecule has 1 aromatic rings. The third-order valence-corrected chi connectivity index (χ3v) is 3.82. The van der Waals surface area contributed by atoms with Gasteiger partial charge < -0.3 is 21.1 Å². The molecule has 0 radical (unpaired) electrons. The van der Waals surface area contributed by atoms with Crippen LogP contribution in [0.15, 0.2) is 35.3 Å². The van der Waals surface area contributed by atoms with Crippen LogP contribution in [0.5, 0.6) is 0 Å². The largest absolute Gasteiger partial charge is 0.393 e. The Balaban J connectivity index is 0.00000288. The molecule has 7 heteroatoms. The number of halogens is 2. The van der Waals surface area contributed by atoms with E-state index in [0.717, 1.165) is 11.1 Å². The van der Waals surface area contributed by atoms with Crippen LogP contribution in [0.25, 0.3) is 0 Å². The van der Waals surface area contributed by atoms with Crippen LogP contribution in [0.3, 0.4) is 0 Å². The average molecular weight is 448 g/mol. The maximum atomic E-state index is 14.3. The number of guanidine groups is 1. The molecule has 0 amide bonds. The van der Waals surface area contributed by atoms with Crippen LogP contribution in [0, 0.1) is 5.82 Å². The second-order valence-corrected chi connectivity index (χ2v) is 6.02. The topological polar surface area (TPSA) is 73.9 Å². The number of aliphatic hydroxyl groups is 1. The molecule has 1 saturated heterocycles. The van der Waals surface area contributed by atoms with Crippen LogP contribution in [-0.4, -0.2) is 36.8 Å². The SMILES string of the molecule is C=C(C)CNC(N)=NCc1ccc(N2CCC(O)CC2)c(F)c1.I.